The van der Waals surface area contributed by atoms with Crippen LogP contribution in [0.25, 0.3) is 0 Å². The fourth-order valence-corrected chi connectivity index (χ4v) is 2.03. The molecule has 0 aliphatic carbocycles. The number of para-hydroxylation sites is 2. The van der Waals surface area contributed by atoms with E-state index in [9.17, 15) is 14.9 Å². The van der Waals surface area contributed by atoms with Gasteiger partial charge in [0.2, 0.25) is 0 Å². The summed E-state index contributed by atoms with van der Waals surface area (Å²) >= 11 is 0. The van der Waals surface area contributed by atoms with Crippen molar-refractivity contribution in [3.63, 3.8) is 0 Å². The summed E-state index contributed by atoms with van der Waals surface area (Å²) in [5.41, 5.74) is -0.180. The molecule has 1 heterocycles. The molecule has 0 aromatic heterocycles. The number of carbonyl (C=O) groups excluding carboxylic acids is 1. The van der Waals surface area contributed by atoms with Crippen LogP contribution in [0.5, 0.6) is 5.75 Å². The first-order chi connectivity index (χ1) is 10.2. The fourth-order valence-electron chi connectivity index (χ4n) is 2.03. The summed E-state index contributed by atoms with van der Waals surface area (Å²) in [6.45, 7) is 0.519. The standard InChI is InChI=1S/C14H17NO6/c16-14(21-9-11-5-3-4-8-19-11)10-20-13-7-2-1-6-12(13)15(17)18/h1-2,6-7,11H,3-5,8-10H2. The van der Waals surface area contributed by atoms with Gasteiger partial charge in [-0.3, -0.25) is 10.1 Å². The Morgan fingerprint density at radius 2 is 2.19 bits per heavy atom. The van der Waals surface area contributed by atoms with Crippen LogP contribution in [0, 0.1) is 10.1 Å². The third kappa shape index (κ3) is 4.71. The predicted molar refractivity (Wildman–Crippen MR) is 73.1 cm³/mol. The van der Waals surface area contributed by atoms with Crippen LogP contribution in [0.2, 0.25) is 0 Å². The molecule has 0 spiro atoms. The Labute approximate surface area is 122 Å². The average molecular weight is 295 g/mol. The van der Waals surface area contributed by atoms with E-state index in [1.807, 2.05) is 0 Å². The monoisotopic (exact) mass is 295 g/mol. The number of esters is 1. The number of nitrogens with zero attached hydrogens (tertiary/aromatic N) is 1. The molecule has 114 valence electrons. The van der Waals surface area contributed by atoms with E-state index in [4.69, 9.17) is 14.2 Å². The normalized spacial score (nSPS) is 18.0. The Balaban J connectivity index is 1.77. The highest BCUT2D eigenvalue weighted by molar-refractivity contribution is 5.71. The van der Waals surface area contributed by atoms with Gasteiger partial charge in [-0.05, 0) is 25.3 Å². The third-order valence-corrected chi connectivity index (χ3v) is 3.11. The van der Waals surface area contributed by atoms with E-state index in [2.05, 4.69) is 0 Å². The molecule has 1 aromatic carbocycles. The molecular formula is C14H17NO6. The van der Waals surface area contributed by atoms with Gasteiger partial charge in [-0.2, -0.15) is 0 Å². The molecule has 0 saturated carbocycles. The maximum absolute atomic E-state index is 11.6. The molecule has 1 atom stereocenters. The lowest BCUT2D eigenvalue weighted by Gasteiger charge is -2.22. The quantitative estimate of drug-likeness (QED) is 0.453. The molecule has 1 aromatic rings. The second-order valence-corrected chi connectivity index (χ2v) is 4.69. The maximum Gasteiger partial charge on any atom is 0.344 e. The van der Waals surface area contributed by atoms with E-state index >= 15 is 0 Å². The van der Waals surface area contributed by atoms with E-state index < -0.39 is 10.9 Å². The van der Waals surface area contributed by atoms with Crippen molar-refractivity contribution in [3.8, 4) is 5.75 Å². The summed E-state index contributed by atoms with van der Waals surface area (Å²) in [5, 5.41) is 10.8. The van der Waals surface area contributed by atoms with Crippen LogP contribution in [0.3, 0.4) is 0 Å². The zero-order valence-corrected chi connectivity index (χ0v) is 11.5. The van der Waals surface area contributed by atoms with Crippen molar-refractivity contribution in [1.29, 1.82) is 0 Å². The van der Waals surface area contributed by atoms with Crippen LogP contribution in [-0.4, -0.2) is 36.8 Å². The summed E-state index contributed by atoms with van der Waals surface area (Å²) in [5.74, 6) is -0.518. The number of nitro groups is 1. The Morgan fingerprint density at radius 3 is 2.90 bits per heavy atom. The number of carbonyl (C=O) groups is 1. The van der Waals surface area contributed by atoms with Crippen molar-refractivity contribution in [1.82, 2.24) is 0 Å². The van der Waals surface area contributed by atoms with E-state index in [0.717, 1.165) is 19.3 Å². The largest absolute Gasteiger partial charge is 0.475 e. The van der Waals surface area contributed by atoms with Crippen LogP contribution in [0.15, 0.2) is 24.3 Å². The Morgan fingerprint density at radius 1 is 1.38 bits per heavy atom. The molecule has 0 bridgehead atoms. The first kappa shape index (κ1) is 15.2. The van der Waals surface area contributed by atoms with Gasteiger partial charge in [0.1, 0.15) is 6.61 Å². The van der Waals surface area contributed by atoms with E-state index in [1.54, 1.807) is 6.07 Å². The summed E-state index contributed by atoms with van der Waals surface area (Å²) < 4.78 is 15.6. The topological polar surface area (TPSA) is 87.9 Å². The zero-order valence-electron chi connectivity index (χ0n) is 11.5. The van der Waals surface area contributed by atoms with Gasteiger partial charge in [0.05, 0.1) is 11.0 Å². The van der Waals surface area contributed by atoms with Gasteiger partial charge in [0.15, 0.2) is 12.4 Å². The highest BCUT2D eigenvalue weighted by Gasteiger charge is 2.18. The van der Waals surface area contributed by atoms with Crippen molar-refractivity contribution in [2.24, 2.45) is 0 Å². The van der Waals surface area contributed by atoms with Gasteiger partial charge >= 0.3 is 11.7 Å². The Bertz CT molecular complexity index is 498. The maximum atomic E-state index is 11.6. The Hall–Kier alpha value is -2.15. The second-order valence-electron chi connectivity index (χ2n) is 4.69. The molecule has 0 radical (unpaired) electrons. The predicted octanol–water partition coefficient (Wildman–Crippen LogP) is 2.09. The van der Waals surface area contributed by atoms with Gasteiger partial charge in [0, 0.05) is 12.7 Å². The van der Waals surface area contributed by atoms with Crippen LogP contribution in [-0.2, 0) is 14.3 Å². The number of ether oxygens (including phenoxy) is 3. The van der Waals surface area contributed by atoms with Gasteiger partial charge in [-0.15, -0.1) is 0 Å². The SMILES string of the molecule is O=C(COc1ccccc1[N+](=O)[O-])OCC1CCCCO1. The smallest absolute Gasteiger partial charge is 0.344 e. The fraction of sp³-hybridized carbons (Fsp3) is 0.500. The molecule has 1 fully saturated rings. The van der Waals surface area contributed by atoms with E-state index in [0.29, 0.717) is 6.61 Å². The molecule has 0 amide bonds. The van der Waals surface area contributed by atoms with Crippen molar-refractivity contribution in [3.05, 3.63) is 34.4 Å². The van der Waals surface area contributed by atoms with Crippen molar-refractivity contribution in [2.75, 3.05) is 19.8 Å². The van der Waals surface area contributed by atoms with Crippen LogP contribution in [0.1, 0.15) is 19.3 Å². The van der Waals surface area contributed by atoms with Gasteiger partial charge in [-0.1, -0.05) is 12.1 Å². The minimum atomic E-state index is -0.567. The van der Waals surface area contributed by atoms with Crippen LogP contribution < -0.4 is 4.74 Å². The lowest BCUT2D eigenvalue weighted by Crippen LogP contribution is -2.27. The number of benzene rings is 1. The molecule has 7 heteroatoms. The number of hydrogen-bond acceptors (Lipinski definition) is 6. The van der Waals surface area contributed by atoms with Gasteiger partial charge < -0.3 is 14.2 Å². The van der Waals surface area contributed by atoms with Crippen molar-refractivity contribution >= 4 is 11.7 Å². The number of nitro benzene ring substituents is 1. The molecule has 7 nitrogen and oxygen atoms in total. The molecule has 21 heavy (non-hydrogen) atoms. The summed E-state index contributed by atoms with van der Waals surface area (Å²) in [7, 11) is 0. The van der Waals surface area contributed by atoms with E-state index in [-0.39, 0.29) is 30.8 Å². The highest BCUT2D eigenvalue weighted by atomic mass is 16.6. The molecule has 1 saturated heterocycles. The molecule has 1 aliphatic heterocycles. The highest BCUT2D eigenvalue weighted by Crippen LogP contribution is 2.25. The molecule has 2 rings (SSSR count). The number of rotatable bonds is 6. The first-order valence-corrected chi connectivity index (χ1v) is 6.80. The van der Waals surface area contributed by atoms with Gasteiger partial charge in [0.25, 0.3) is 0 Å². The molecule has 1 unspecified atom stereocenters. The summed E-state index contributed by atoms with van der Waals surface area (Å²) in [6.07, 6.45) is 2.91. The minimum absolute atomic E-state index is 0.0494. The summed E-state index contributed by atoms with van der Waals surface area (Å²) in [4.78, 5) is 21.8. The molecule has 0 N–H and O–H groups in total. The number of hydrogen-bond donors (Lipinski definition) is 0. The van der Waals surface area contributed by atoms with Gasteiger partial charge in [-0.25, -0.2) is 4.79 Å². The van der Waals surface area contributed by atoms with E-state index in [1.165, 1.54) is 18.2 Å². The van der Waals surface area contributed by atoms with Crippen molar-refractivity contribution < 1.29 is 23.9 Å². The molecular weight excluding hydrogens is 278 g/mol. The third-order valence-electron chi connectivity index (χ3n) is 3.11. The zero-order chi connectivity index (χ0) is 15.1. The second kappa shape index (κ2) is 7.58. The minimum Gasteiger partial charge on any atom is -0.475 e. The van der Waals surface area contributed by atoms with Crippen LogP contribution >= 0.6 is 0 Å². The van der Waals surface area contributed by atoms with Crippen molar-refractivity contribution in [2.45, 2.75) is 25.4 Å². The Kier molecular flexibility index (Phi) is 5.51. The first-order valence-electron chi connectivity index (χ1n) is 6.80. The molecule has 1 aliphatic rings. The summed E-state index contributed by atoms with van der Waals surface area (Å²) in [6, 6.07) is 5.89. The lowest BCUT2D eigenvalue weighted by molar-refractivity contribution is -0.385. The average Bonchev–Trinajstić information content (AvgIpc) is 2.52. The lowest BCUT2D eigenvalue weighted by atomic mass is 10.1. The van der Waals surface area contributed by atoms with Crippen LogP contribution in [0.4, 0.5) is 5.69 Å².